The van der Waals surface area contributed by atoms with Gasteiger partial charge >= 0.3 is 0 Å². The van der Waals surface area contributed by atoms with Gasteiger partial charge in [0.05, 0.1) is 11.4 Å². The third kappa shape index (κ3) is 4.79. The zero-order valence-electron chi connectivity index (χ0n) is 20.0. The van der Waals surface area contributed by atoms with Crippen molar-refractivity contribution >= 4 is 15.9 Å². The zero-order chi connectivity index (χ0) is 24.6. The van der Waals surface area contributed by atoms with Crippen LogP contribution >= 0.6 is 15.9 Å². The number of halogens is 1. The number of aryl methyl sites for hydroxylation is 3. The summed E-state index contributed by atoms with van der Waals surface area (Å²) < 4.78 is 12.7. The Morgan fingerprint density at radius 2 is 1.85 bits per heavy atom. The summed E-state index contributed by atoms with van der Waals surface area (Å²) in [6, 6.07) is 7.79. The van der Waals surface area contributed by atoms with Crippen LogP contribution in [0.3, 0.4) is 0 Å². The number of ether oxygens (including phenoxy) is 1. The van der Waals surface area contributed by atoms with E-state index in [0.29, 0.717) is 17.4 Å². The Bertz CT molecular complexity index is 1420. The molecule has 0 aliphatic carbocycles. The largest absolute Gasteiger partial charge is 0.470 e. The summed E-state index contributed by atoms with van der Waals surface area (Å²) >= 11 is 3.38. The summed E-state index contributed by atoms with van der Waals surface area (Å²) in [6.07, 6.45) is 3.28. The van der Waals surface area contributed by atoms with Crippen LogP contribution in [0.25, 0.3) is 16.9 Å². The predicted molar refractivity (Wildman–Crippen MR) is 132 cm³/mol. The van der Waals surface area contributed by atoms with E-state index >= 15 is 0 Å². The maximum absolute atomic E-state index is 13.3. The Morgan fingerprint density at radius 1 is 1.09 bits per heavy atom. The molecule has 3 aromatic heterocycles. The number of nitrogens with zero attached hydrogens (tertiary/aromatic N) is 5. The van der Waals surface area contributed by atoms with Crippen LogP contribution in [0.4, 0.5) is 0 Å². The highest BCUT2D eigenvalue weighted by atomic mass is 79.9. The summed E-state index contributed by atoms with van der Waals surface area (Å²) in [7, 11) is 0. The van der Waals surface area contributed by atoms with Gasteiger partial charge in [0, 0.05) is 24.1 Å². The summed E-state index contributed by atoms with van der Waals surface area (Å²) in [6.45, 7) is 11.9. The molecule has 3 heterocycles. The molecule has 0 saturated carbocycles. The number of hydrogen-bond donors (Lipinski definition) is 0. The van der Waals surface area contributed by atoms with Crippen LogP contribution in [-0.4, -0.2) is 24.5 Å². The standard InChI is InChI=1S/C25H26BrN5O3/c1-14-7-8-17(19-9-10-27-24(30-19)25(4,5)6)11-20(14)31-15(2)28-22(21(26)23(31)32)34-13-18-12-33-16(3)29-18/h7-12H,13H2,1-6H3. The summed E-state index contributed by atoms with van der Waals surface area (Å²) in [5.41, 5.74) is 3.52. The lowest BCUT2D eigenvalue weighted by molar-refractivity contribution is 0.284. The number of oxazole rings is 1. The molecule has 176 valence electrons. The van der Waals surface area contributed by atoms with Gasteiger partial charge in [0.1, 0.15) is 34.7 Å². The maximum Gasteiger partial charge on any atom is 0.276 e. The van der Waals surface area contributed by atoms with Gasteiger partial charge in [-0.05, 0) is 47.5 Å². The molecule has 0 aliphatic heterocycles. The van der Waals surface area contributed by atoms with E-state index in [1.165, 1.54) is 6.26 Å². The molecule has 0 aliphatic rings. The summed E-state index contributed by atoms with van der Waals surface area (Å²) in [5.74, 6) is 2.01. The van der Waals surface area contributed by atoms with E-state index in [1.807, 2.05) is 31.2 Å². The maximum atomic E-state index is 13.3. The Kier molecular flexibility index (Phi) is 6.40. The zero-order valence-corrected chi connectivity index (χ0v) is 21.6. The average molecular weight is 524 g/mol. The first-order valence-corrected chi connectivity index (χ1v) is 11.6. The average Bonchev–Trinajstić information content (AvgIpc) is 3.21. The fourth-order valence-electron chi connectivity index (χ4n) is 3.47. The first-order valence-electron chi connectivity index (χ1n) is 10.8. The Labute approximate surface area is 206 Å². The highest BCUT2D eigenvalue weighted by Crippen LogP contribution is 2.27. The van der Waals surface area contributed by atoms with Crippen molar-refractivity contribution in [3.05, 3.63) is 80.3 Å². The lowest BCUT2D eigenvalue weighted by Gasteiger charge is -2.18. The summed E-state index contributed by atoms with van der Waals surface area (Å²) in [5, 5.41) is 0. The second-order valence-corrected chi connectivity index (χ2v) is 9.88. The van der Waals surface area contributed by atoms with E-state index in [0.717, 1.165) is 28.3 Å². The number of aromatic nitrogens is 5. The number of benzene rings is 1. The second kappa shape index (κ2) is 9.13. The first-order chi connectivity index (χ1) is 16.0. The van der Waals surface area contributed by atoms with Gasteiger partial charge in [-0.3, -0.25) is 9.36 Å². The molecule has 0 saturated heterocycles. The van der Waals surface area contributed by atoms with Gasteiger partial charge in [0.25, 0.3) is 5.56 Å². The predicted octanol–water partition coefficient (Wildman–Crippen LogP) is 5.24. The third-order valence-electron chi connectivity index (χ3n) is 5.26. The molecule has 1 aromatic carbocycles. The van der Waals surface area contributed by atoms with Gasteiger partial charge in [0.2, 0.25) is 5.88 Å². The lowest BCUT2D eigenvalue weighted by Crippen LogP contribution is -2.24. The highest BCUT2D eigenvalue weighted by Gasteiger charge is 2.20. The fraction of sp³-hybridized carbons (Fsp3) is 0.320. The van der Waals surface area contributed by atoms with Crippen LogP contribution in [0.15, 0.2) is 50.4 Å². The quantitative estimate of drug-likeness (QED) is 0.352. The lowest BCUT2D eigenvalue weighted by atomic mass is 9.95. The van der Waals surface area contributed by atoms with Gasteiger partial charge in [0.15, 0.2) is 5.89 Å². The Hall–Kier alpha value is -3.33. The van der Waals surface area contributed by atoms with Crippen molar-refractivity contribution in [2.75, 3.05) is 0 Å². The molecule has 4 rings (SSSR count). The molecule has 34 heavy (non-hydrogen) atoms. The van der Waals surface area contributed by atoms with E-state index < -0.39 is 0 Å². The van der Waals surface area contributed by atoms with Crippen molar-refractivity contribution in [3.63, 3.8) is 0 Å². The third-order valence-corrected chi connectivity index (χ3v) is 5.94. The summed E-state index contributed by atoms with van der Waals surface area (Å²) in [4.78, 5) is 31.3. The van der Waals surface area contributed by atoms with Crippen LogP contribution < -0.4 is 10.3 Å². The van der Waals surface area contributed by atoms with Gasteiger partial charge in [-0.1, -0.05) is 32.9 Å². The van der Waals surface area contributed by atoms with Crippen molar-refractivity contribution in [3.8, 4) is 22.8 Å². The molecule has 0 N–H and O–H groups in total. The van der Waals surface area contributed by atoms with Gasteiger partial charge in [-0.2, -0.15) is 4.98 Å². The van der Waals surface area contributed by atoms with Crippen LogP contribution in [-0.2, 0) is 12.0 Å². The first kappa shape index (κ1) is 23.8. The van der Waals surface area contributed by atoms with Gasteiger partial charge < -0.3 is 9.15 Å². The topological polar surface area (TPSA) is 95.9 Å². The van der Waals surface area contributed by atoms with E-state index in [9.17, 15) is 4.79 Å². The Balaban J connectivity index is 1.73. The highest BCUT2D eigenvalue weighted by molar-refractivity contribution is 9.10. The molecule has 0 spiro atoms. The Morgan fingerprint density at radius 3 is 2.53 bits per heavy atom. The van der Waals surface area contributed by atoms with Crippen molar-refractivity contribution in [2.45, 2.75) is 53.6 Å². The van der Waals surface area contributed by atoms with Crippen molar-refractivity contribution < 1.29 is 9.15 Å². The normalized spacial score (nSPS) is 11.6. The molecule has 8 nitrogen and oxygen atoms in total. The molecule has 0 unspecified atom stereocenters. The van der Waals surface area contributed by atoms with Gasteiger partial charge in [-0.15, -0.1) is 0 Å². The minimum Gasteiger partial charge on any atom is -0.470 e. The van der Waals surface area contributed by atoms with E-state index in [2.05, 4.69) is 51.7 Å². The van der Waals surface area contributed by atoms with Crippen molar-refractivity contribution in [1.82, 2.24) is 24.5 Å². The minimum atomic E-state index is -0.267. The minimum absolute atomic E-state index is 0.143. The number of hydrogen-bond acceptors (Lipinski definition) is 7. The molecule has 0 fully saturated rings. The number of rotatable bonds is 5. The second-order valence-electron chi connectivity index (χ2n) is 9.08. The SMILES string of the molecule is Cc1nc(COc2nc(C)n(-c3cc(-c4ccnc(C(C)(C)C)n4)ccc3C)c(=O)c2Br)co1. The van der Waals surface area contributed by atoms with E-state index in [1.54, 1.807) is 24.6 Å². The fourth-order valence-corrected chi connectivity index (χ4v) is 3.85. The van der Waals surface area contributed by atoms with E-state index in [4.69, 9.17) is 14.1 Å². The molecule has 0 bridgehead atoms. The van der Waals surface area contributed by atoms with Gasteiger partial charge in [-0.25, -0.2) is 15.0 Å². The smallest absolute Gasteiger partial charge is 0.276 e. The van der Waals surface area contributed by atoms with Crippen LogP contribution in [0.1, 0.15) is 49.6 Å². The van der Waals surface area contributed by atoms with Crippen molar-refractivity contribution in [1.29, 1.82) is 0 Å². The van der Waals surface area contributed by atoms with Crippen LogP contribution in [0.5, 0.6) is 5.88 Å². The monoisotopic (exact) mass is 523 g/mol. The molecule has 0 atom stereocenters. The molecule has 9 heteroatoms. The van der Waals surface area contributed by atoms with E-state index in [-0.39, 0.29) is 27.9 Å². The van der Waals surface area contributed by atoms with Crippen LogP contribution in [0, 0.1) is 20.8 Å². The molecule has 0 amide bonds. The molecular formula is C25H26BrN5O3. The molecule has 0 radical (unpaired) electrons. The molecular weight excluding hydrogens is 498 g/mol. The van der Waals surface area contributed by atoms with Crippen molar-refractivity contribution in [2.24, 2.45) is 0 Å². The molecule has 4 aromatic rings. The van der Waals surface area contributed by atoms with Crippen LogP contribution in [0.2, 0.25) is 0 Å².